The van der Waals surface area contributed by atoms with E-state index in [2.05, 4.69) is 20.9 Å². The van der Waals surface area contributed by atoms with E-state index < -0.39 is 11.6 Å². The topological polar surface area (TPSA) is 30.8 Å². The molecule has 0 N–H and O–H groups in total. The highest BCUT2D eigenvalue weighted by Crippen LogP contribution is 2.20. The Labute approximate surface area is 141 Å². The van der Waals surface area contributed by atoms with Gasteiger partial charge in [0.2, 0.25) is 5.90 Å². The van der Waals surface area contributed by atoms with Gasteiger partial charge >= 0.3 is 0 Å². The van der Waals surface area contributed by atoms with E-state index in [9.17, 15) is 8.78 Å². The van der Waals surface area contributed by atoms with Gasteiger partial charge in [-0.05, 0) is 36.4 Å². The number of hydrogen-bond acceptors (Lipinski definition) is 3. The highest BCUT2D eigenvalue weighted by Gasteiger charge is 2.24. The van der Waals surface area contributed by atoms with E-state index in [0.29, 0.717) is 19.6 Å². The van der Waals surface area contributed by atoms with Crippen molar-refractivity contribution in [1.29, 1.82) is 0 Å². The van der Waals surface area contributed by atoms with E-state index in [-0.39, 0.29) is 17.5 Å². The Morgan fingerprint density at radius 3 is 2.52 bits per heavy atom. The SMILES string of the molecule is Fc1cccc(F)c1C1=NC(CCOc2ccc(Br)cc2)CO1. The average molecular weight is 382 g/mol. The summed E-state index contributed by atoms with van der Waals surface area (Å²) in [6, 6.07) is 11.0. The van der Waals surface area contributed by atoms with Crippen molar-refractivity contribution in [2.24, 2.45) is 4.99 Å². The highest BCUT2D eigenvalue weighted by atomic mass is 79.9. The fraction of sp³-hybridized carbons (Fsp3) is 0.235. The molecule has 0 saturated heterocycles. The minimum atomic E-state index is -0.671. The average Bonchev–Trinajstić information content (AvgIpc) is 2.98. The van der Waals surface area contributed by atoms with Crippen LogP contribution in [-0.2, 0) is 4.74 Å². The van der Waals surface area contributed by atoms with Crippen LogP contribution in [0.5, 0.6) is 5.75 Å². The third-order valence-corrected chi connectivity index (χ3v) is 3.95. The molecule has 0 fully saturated rings. The van der Waals surface area contributed by atoms with Crippen LogP contribution in [0.1, 0.15) is 12.0 Å². The molecule has 0 spiro atoms. The predicted molar refractivity (Wildman–Crippen MR) is 86.9 cm³/mol. The summed E-state index contributed by atoms with van der Waals surface area (Å²) in [6.45, 7) is 0.749. The zero-order chi connectivity index (χ0) is 16.2. The first-order valence-corrected chi connectivity index (χ1v) is 7.96. The summed E-state index contributed by atoms with van der Waals surface area (Å²) in [5.74, 6) is -0.559. The van der Waals surface area contributed by atoms with Crippen molar-refractivity contribution in [3.63, 3.8) is 0 Å². The summed E-state index contributed by atoms with van der Waals surface area (Å²) in [7, 11) is 0. The highest BCUT2D eigenvalue weighted by molar-refractivity contribution is 9.10. The molecular formula is C17H14BrF2NO2. The van der Waals surface area contributed by atoms with Crippen LogP contribution in [0, 0.1) is 11.6 Å². The van der Waals surface area contributed by atoms with E-state index in [1.807, 2.05) is 24.3 Å². The van der Waals surface area contributed by atoms with Gasteiger partial charge in [0.1, 0.15) is 29.6 Å². The lowest BCUT2D eigenvalue weighted by Crippen LogP contribution is -2.11. The number of aliphatic imine (C=N–C) groups is 1. The van der Waals surface area contributed by atoms with E-state index in [1.165, 1.54) is 18.2 Å². The van der Waals surface area contributed by atoms with Gasteiger partial charge in [0.25, 0.3) is 0 Å². The van der Waals surface area contributed by atoms with Crippen LogP contribution in [0.3, 0.4) is 0 Å². The molecule has 0 amide bonds. The molecule has 2 aromatic carbocycles. The van der Waals surface area contributed by atoms with Crippen LogP contribution < -0.4 is 4.74 Å². The van der Waals surface area contributed by atoms with Crippen molar-refractivity contribution in [2.75, 3.05) is 13.2 Å². The maximum atomic E-state index is 13.7. The Kier molecular flexibility index (Phi) is 4.91. The van der Waals surface area contributed by atoms with Crippen molar-refractivity contribution >= 4 is 21.8 Å². The molecule has 1 unspecified atom stereocenters. The Balaban J connectivity index is 1.58. The van der Waals surface area contributed by atoms with Crippen molar-refractivity contribution < 1.29 is 18.3 Å². The molecule has 0 radical (unpaired) electrons. The lowest BCUT2D eigenvalue weighted by molar-refractivity contribution is 0.264. The minimum absolute atomic E-state index is 0.0224. The molecule has 1 aliphatic rings. The second-order valence-corrected chi connectivity index (χ2v) is 6.00. The van der Waals surface area contributed by atoms with Crippen molar-refractivity contribution in [1.82, 2.24) is 0 Å². The van der Waals surface area contributed by atoms with Gasteiger partial charge in [-0.15, -0.1) is 0 Å². The number of nitrogens with zero attached hydrogens (tertiary/aromatic N) is 1. The molecule has 1 aliphatic heterocycles. The first kappa shape index (κ1) is 15.9. The van der Waals surface area contributed by atoms with Gasteiger partial charge in [0, 0.05) is 10.9 Å². The van der Waals surface area contributed by atoms with E-state index in [1.54, 1.807) is 0 Å². The number of hydrogen-bond donors (Lipinski definition) is 0. The van der Waals surface area contributed by atoms with Gasteiger partial charge in [-0.25, -0.2) is 13.8 Å². The minimum Gasteiger partial charge on any atom is -0.494 e. The molecule has 120 valence electrons. The molecule has 3 nitrogen and oxygen atoms in total. The number of ether oxygens (including phenoxy) is 2. The first-order chi connectivity index (χ1) is 11.1. The molecule has 6 heteroatoms. The predicted octanol–water partition coefficient (Wildman–Crippen LogP) is 4.34. The van der Waals surface area contributed by atoms with Crippen LogP contribution in [0.15, 0.2) is 51.9 Å². The maximum absolute atomic E-state index is 13.7. The van der Waals surface area contributed by atoms with Gasteiger partial charge in [-0.1, -0.05) is 22.0 Å². The Bertz CT molecular complexity index is 699. The normalized spacial score (nSPS) is 16.8. The van der Waals surface area contributed by atoms with Gasteiger partial charge in [0.05, 0.1) is 12.6 Å². The van der Waals surface area contributed by atoms with Crippen molar-refractivity contribution in [2.45, 2.75) is 12.5 Å². The summed E-state index contributed by atoms with van der Waals surface area (Å²) in [6.07, 6.45) is 0.607. The van der Waals surface area contributed by atoms with E-state index in [4.69, 9.17) is 9.47 Å². The van der Waals surface area contributed by atoms with Gasteiger partial charge in [-0.2, -0.15) is 0 Å². The summed E-state index contributed by atoms with van der Waals surface area (Å²) in [5, 5.41) is 0. The Morgan fingerprint density at radius 2 is 1.83 bits per heavy atom. The van der Waals surface area contributed by atoms with Crippen molar-refractivity contribution in [3.8, 4) is 5.75 Å². The molecule has 1 heterocycles. The molecular weight excluding hydrogens is 368 g/mol. The van der Waals surface area contributed by atoms with Gasteiger partial charge in [0.15, 0.2) is 0 Å². The van der Waals surface area contributed by atoms with Crippen LogP contribution >= 0.6 is 15.9 Å². The summed E-state index contributed by atoms with van der Waals surface area (Å²) < 4.78 is 39.4. The summed E-state index contributed by atoms with van der Waals surface area (Å²) in [4.78, 5) is 4.25. The molecule has 0 bridgehead atoms. The molecule has 0 aromatic heterocycles. The molecule has 0 saturated carbocycles. The van der Waals surface area contributed by atoms with Crippen LogP contribution in [0.4, 0.5) is 8.78 Å². The summed E-state index contributed by atoms with van der Waals surface area (Å²) in [5.41, 5.74) is -0.205. The Hall–Kier alpha value is -1.95. The smallest absolute Gasteiger partial charge is 0.222 e. The maximum Gasteiger partial charge on any atom is 0.222 e. The number of halogens is 3. The second-order valence-electron chi connectivity index (χ2n) is 5.09. The quantitative estimate of drug-likeness (QED) is 0.770. The fourth-order valence-corrected chi connectivity index (χ4v) is 2.51. The molecule has 1 atom stereocenters. The third kappa shape index (κ3) is 3.88. The molecule has 23 heavy (non-hydrogen) atoms. The largest absolute Gasteiger partial charge is 0.494 e. The van der Waals surface area contributed by atoms with Crippen molar-refractivity contribution in [3.05, 3.63) is 64.1 Å². The van der Waals surface area contributed by atoms with Crippen LogP contribution in [-0.4, -0.2) is 25.2 Å². The van der Waals surface area contributed by atoms with E-state index in [0.717, 1.165) is 10.2 Å². The molecule has 2 aromatic rings. The monoisotopic (exact) mass is 381 g/mol. The lowest BCUT2D eigenvalue weighted by Gasteiger charge is -2.07. The van der Waals surface area contributed by atoms with Gasteiger partial charge < -0.3 is 9.47 Å². The Morgan fingerprint density at radius 1 is 1.13 bits per heavy atom. The molecule has 0 aliphatic carbocycles. The van der Waals surface area contributed by atoms with Crippen LogP contribution in [0.25, 0.3) is 0 Å². The zero-order valence-electron chi connectivity index (χ0n) is 12.1. The van der Waals surface area contributed by atoms with E-state index >= 15 is 0 Å². The lowest BCUT2D eigenvalue weighted by atomic mass is 10.2. The number of benzene rings is 2. The fourth-order valence-electron chi connectivity index (χ4n) is 2.25. The standard InChI is InChI=1S/C17H14BrF2NO2/c18-11-4-6-13(7-5-11)22-9-8-12-10-23-17(21-12)16-14(19)2-1-3-15(16)20/h1-7,12H,8-10H2. The molecule has 3 rings (SSSR count). The number of rotatable bonds is 5. The van der Waals surface area contributed by atoms with Gasteiger partial charge in [-0.3, -0.25) is 0 Å². The second kappa shape index (κ2) is 7.08. The summed E-state index contributed by atoms with van der Waals surface area (Å²) >= 11 is 3.36. The zero-order valence-corrected chi connectivity index (χ0v) is 13.7. The third-order valence-electron chi connectivity index (χ3n) is 3.42. The van der Waals surface area contributed by atoms with Crippen LogP contribution in [0.2, 0.25) is 0 Å². The first-order valence-electron chi connectivity index (χ1n) is 7.17.